The number of H-pyrrole nitrogens is 2. The van der Waals surface area contributed by atoms with E-state index in [9.17, 15) is 9.18 Å². The number of nitrogens with zero attached hydrogens (tertiary/aromatic N) is 1. The predicted molar refractivity (Wildman–Crippen MR) is 106 cm³/mol. The molecule has 1 aliphatic heterocycles. The summed E-state index contributed by atoms with van der Waals surface area (Å²) in [5.74, 6) is 6.20. The Hall–Kier alpha value is -3.10. The van der Waals surface area contributed by atoms with Crippen molar-refractivity contribution in [1.29, 1.82) is 0 Å². The molecule has 1 fully saturated rings. The molecule has 0 unspecified atom stereocenters. The van der Waals surface area contributed by atoms with Gasteiger partial charge in [0.05, 0.1) is 17.6 Å². The van der Waals surface area contributed by atoms with Gasteiger partial charge in [0.2, 0.25) is 0 Å². The molecule has 27 heavy (non-hydrogen) atoms. The summed E-state index contributed by atoms with van der Waals surface area (Å²) in [6, 6.07) is 12.3. The van der Waals surface area contributed by atoms with Crippen LogP contribution in [0.4, 0.5) is 4.39 Å². The van der Waals surface area contributed by atoms with E-state index in [0.717, 1.165) is 54.6 Å². The molecule has 5 heteroatoms. The minimum absolute atomic E-state index is 0.201. The maximum Gasteiger partial charge on any atom is 0.323 e. The van der Waals surface area contributed by atoms with Crippen LogP contribution in [-0.2, 0) is 0 Å². The number of hydrogen-bond acceptors (Lipinski definition) is 2. The standard InChI is InChI=1S/C22H20FN3O/c23-19-6-3-17(4-7-19)14-18-9-12-26(13-10-18)11-1-2-16-5-8-20-21(15-16)25-22(27)24-20/h3-8,14-15H,9-13H2,(H2,24,25,27). The van der Waals surface area contributed by atoms with Crippen LogP contribution in [-0.4, -0.2) is 34.5 Å². The Morgan fingerprint density at radius 1 is 1.04 bits per heavy atom. The number of nitrogens with one attached hydrogen (secondary N) is 2. The monoisotopic (exact) mass is 361 g/mol. The van der Waals surface area contributed by atoms with Crippen LogP contribution in [0.3, 0.4) is 0 Å². The average Bonchev–Trinajstić information content (AvgIpc) is 3.04. The molecule has 0 atom stereocenters. The fourth-order valence-electron chi connectivity index (χ4n) is 3.30. The zero-order valence-corrected chi connectivity index (χ0v) is 14.9. The van der Waals surface area contributed by atoms with E-state index >= 15 is 0 Å². The van der Waals surface area contributed by atoms with E-state index < -0.39 is 0 Å². The lowest BCUT2D eigenvalue weighted by Gasteiger charge is -2.26. The molecular formula is C22H20FN3O. The Morgan fingerprint density at radius 3 is 2.56 bits per heavy atom. The lowest BCUT2D eigenvalue weighted by Crippen LogP contribution is -2.30. The van der Waals surface area contributed by atoms with Gasteiger partial charge in [-0.05, 0) is 48.7 Å². The van der Waals surface area contributed by atoms with Gasteiger partial charge < -0.3 is 9.97 Å². The molecule has 0 amide bonds. The summed E-state index contributed by atoms with van der Waals surface area (Å²) in [5, 5.41) is 0. The SMILES string of the molecule is O=c1[nH]c2ccc(C#CCN3CCC(=Cc4ccc(F)cc4)CC3)cc2[nH]1. The van der Waals surface area contributed by atoms with Gasteiger partial charge in [-0.2, -0.15) is 0 Å². The smallest absolute Gasteiger partial charge is 0.306 e. The van der Waals surface area contributed by atoms with E-state index in [1.165, 1.54) is 17.7 Å². The van der Waals surface area contributed by atoms with Crippen LogP contribution in [0.2, 0.25) is 0 Å². The van der Waals surface area contributed by atoms with Gasteiger partial charge in [0.1, 0.15) is 5.82 Å². The first-order valence-corrected chi connectivity index (χ1v) is 9.04. The lowest BCUT2D eigenvalue weighted by molar-refractivity contribution is 0.288. The number of imidazole rings is 1. The van der Waals surface area contributed by atoms with Crippen LogP contribution in [0.1, 0.15) is 24.0 Å². The molecule has 0 saturated carbocycles. The van der Waals surface area contributed by atoms with Gasteiger partial charge in [0, 0.05) is 18.7 Å². The van der Waals surface area contributed by atoms with Gasteiger partial charge in [-0.25, -0.2) is 9.18 Å². The first kappa shape index (κ1) is 17.3. The van der Waals surface area contributed by atoms with Gasteiger partial charge in [0.15, 0.2) is 0 Å². The molecule has 0 spiro atoms. The van der Waals surface area contributed by atoms with Crippen molar-refractivity contribution >= 4 is 17.1 Å². The molecule has 136 valence electrons. The Bertz CT molecular complexity index is 1090. The summed E-state index contributed by atoms with van der Waals surface area (Å²) in [7, 11) is 0. The number of hydrogen-bond donors (Lipinski definition) is 2. The van der Waals surface area contributed by atoms with E-state index in [0.29, 0.717) is 0 Å². The molecule has 2 heterocycles. The van der Waals surface area contributed by atoms with Crippen molar-refractivity contribution in [1.82, 2.24) is 14.9 Å². The Morgan fingerprint density at radius 2 is 1.78 bits per heavy atom. The maximum atomic E-state index is 13.0. The molecule has 0 aliphatic carbocycles. The second-order valence-electron chi connectivity index (χ2n) is 6.77. The van der Waals surface area contributed by atoms with Crippen LogP contribution in [0, 0.1) is 17.7 Å². The summed E-state index contributed by atoms with van der Waals surface area (Å²) in [5.41, 5.74) is 4.72. The number of piperidine rings is 1. The van der Waals surface area contributed by atoms with Crippen LogP contribution < -0.4 is 5.69 Å². The highest BCUT2D eigenvalue weighted by Crippen LogP contribution is 2.19. The van der Waals surface area contributed by atoms with Crippen molar-refractivity contribution in [2.24, 2.45) is 0 Å². The van der Waals surface area contributed by atoms with Crippen molar-refractivity contribution in [3.8, 4) is 11.8 Å². The van der Waals surface area contributed by atoms with Gasteiger partial charge >= 0.3 is 5.69 Å². The number of rotatable bonds is 2. The zero-order chi connectivity index (χ0) is 18.6. The first-order chi connectivity index (χ1) is 13.2. The predicted octanol–water partition coefficient (Wildman–Crippen LogP) is 3.53. The molecule has 0 bridgehead atoms. The summed E-state index contributed by atoms with van der Waals surface area (Å²) in [4.78, 5) is 19.1. The highest BCUT2D eigenvalue weighted by molar-refractivity contribution is 5.76. The summed E-state index contributed by atoms with van der Waals surface area (Å²) in [6.07, 6.45) is 4.18. The van der Waals surface area contributed by atoms with Crippen molar-refractivity contribution in [2.45, 2.75) is 12.8 Å². The third kappa shape index (κ3) is 4.36. The minimum atomic E-state index is -0.201. The largest absolute Gasteiger partial charge is 0.323 e. The number of benzene rings is 2. The molecule has 0 radical (unpaired) electrons. The molecular weight excluding hydrogens is 341 g/mol. The molecule has 2 aromatic carbocycles. The van der Waals surface area contributed by atoms with Crippen LogP contribution >= 0.6 is 0 Å². The maximum absolute atomic E-state index is 13.0. The number of aromatic amines is 2. The minimum Gasteiger partial charge on any atom is -0.306 e. The first-order valence-electron chi connectivity index (χ1n) is 9.04. The van der Waals surface area contributed by atoms with Crippen LogP contribution in [0.25, 0.3) is 17.1 Å². The second kappa shape index (κ2) is 7.65. The van der Waals surface area contributed by atoms with Gasteiger partial charge in [-0.3, -0.25) is 4.90 Å². The molecule has 4 rings (SSSR count). The van der Waals surface area contributed by atoms with Gasteiger partial charge in [0.25, 0.3) is 0 Å². The normalized spacial score (nSPS) is 14.8. The average molecular weight is 361 g/mol. The quantitative estimate of drug-likeness (QED) is 0.686. The Balaban J connectivity index is 1.33. The van der Waals surface area contributed by atoms with E-state index in [1.807, 2.05) is 30.3 Å². The summed E-state index contributed by atoms with van der Waals surface area (Å²) >= 11 is 0. The molecule has 1 aliphatic rings. The molecule has 1 saturated heterocycles. The topological polar surface area (TPSA) is 51.9 Å². The third-order valence-corrected chi connectivity index (χ3v) is 4.79. The van der Waals surface area contributed by atoms with Crippen molar-refractivity contribution < 1.29 is 4.39 Å². The van der Waals surface area contributed by atoms with Crippen LogP contribution in [0.5, 0.6) is 0 Å². The third-order valence-electron chi connectivity index (χ3n) is 4.79. The van der Waals surface area contributed by atoms with E-state index in [2.05, 4.69) is 32.8 Å². The Labute approximate surface area is 156 Å². The number of fused-ring (bicyclic) bond motifs is 1. The van der Waals surface area contributed by atoms with Crippen molar-refractivity contribution in [2.75, 3.05) is 19.6 Å². The summed E-state index contributed by atoms with van der Waals surface area (Å²) in [6.45, 7) is 2.68. The van der Waals surface area contributed by atoms with Gasteiger partial charge in [-0.15, -0.1) is 0 Å². The molecule has 2 N–H and O–H groups in total. The zero-order valence-electron chi connectivity index (χ0n) is 14.9. The second-order valence-corrected chi connectivity index (χ2v) is 6.77. The molecule has 1 aromatic heterocycles. The Kier molecular flexibility index (Phi) is 4.91. The van der Waals surface area contributed by atoms with E-state index in [-0.39, 0.29) is 11.5 Å². The van der Waals surface area contributed by atoms with E-state index in [4.69, 9.17) is 0 Å². The van der Waals surface area contributed by atoms with E-state index in [1.54, 1.807) is 0 Å². The van der Waals surface area contributed by atoms with Crippen molar-refractivity contribution in [3.63, 3.8) is 0 Å². The highest BCUT2D eigenvalue weighted by Gasteiger charge is 2.12. The lowest BCUT2D eigenvalue weighted by atomic mass is 10.0. The number of halogens is 1. The fraction of sp³-hybridized carbons (Fsp3) is 0.227. The number of aromatic nitrogens is 2. The molecule has 4 nitrogen and oxygen atoms in total. The molecule has 3 aromatic rings. The van der Waals surface area contributed by atoms with Gasteiger partial charge in [-0.1, -0.05) is 35.6 Å². The van der Waals surface area contributed by atoms with Crippen LogP contribution in [0.15, 0.2) is 52.8 Å². The highest BCUT2D eigenvalue weighted by atomic mass is 19.1. The fourth-order valence-corrected chi connectivity index (χ4v) is 3.30. The summed E-state index contributed by atoms with van der Waals surface area (Å²) < 4.78 is 13.0. The van der Waals surface area contributed by atoms with Crippen molar-refractivity contribution in [3.05, 3.63) is 75.5 Å². The number of likely N-dealkylation sites (tertiary alicyclic amines) is 1.